The molecule has 3 atom stereocenters. The molecule has 0 aromatic heterocycles. The SMILES string of the molecule is CS(=O)CCCN[C@@H]1CCCC[C@H]1O. The van der Waals surface area contributed by atoms with E-state index in [1.165, 1.54) is 6.42 Å². The first kappa shape index (κ1) is 12.1. The summed E-state index contributed by atoms with van der Waals surface area (Å²) in [5.41, 5.74) is 0. The van der Waals surface area contributed by atoms with E-state index in [4.69, 9.17) is 0 Å². The summed E-state index contributed by atoms with van der Waals surface area (Å²) in [6.07, 6.45) is 6.87. The highest BCUT2D eigenvalue weighted by Crippen LogP contribution is 2.18. The summed E-state index contributed by atoms with van der Waals surface area (Å²) in [4.78, 5) is 0. The van der Waals surface area contributed by atoms with Gasteiger partial charge < -0.3 is 10.4 Å². The number of aliphatic hydroxyl groups excluding tert-OH is 1. The fourth-order valence-corrected chi connectivity index (χ4v) is 2.46. The molecule has 0 radical (unpaired) electrons. The van der Waals surface area contributed by atoms with Crippen LogP contribution < -0.4 is 5.32 Å². The predicted octanol–water partition coefficient (Wildman–Crippen LogP) is 0.648. The van der Waals surface area contributed by atoms with Crippen molar-refractivity contribution in [1.29, 1.82) is 0 Å². The summed E-state index contributed by atoms with van der Waals surface area (Å²) >= 11 is 0. The third kappa shape index (κ3) is 4.53. The zero-order valence-corrected chi connectivity index (χ0v) is 9.68. The van der Waals surface area contributed by atoms with Gasteiger partial charge in [0.05, 0.1) is 6.10 Å². The Hall–Kier alpha value is 0.0700. The van der Waals surface area contributed by atoms with E-state index in [1.807, 2.05) is 0 Å². The molecule has 0 amide bonds. The van der Waals surface area contributed by atoms with Crippen LogP contribution in [0.3, 0.4) is 0 Å². The van der Waals surface area contributed by atoms with Crippen LogP contribution >= 0.6 is 0 Å². The maximum atomic E-state index is 10.8. The predicted molar refractivity (Wildman–Crippen MR) is 59.8 cm³/mol. The fraction of sp³-hybridized carbons (Fsp3) is 1.00. The third-order valence-corrected chi connectivity index (χ3v) is 3.61. The van der Waals surface area contributed by atoms with Gasteiger partial charge in [0.1, 0.15) is 0 Å². The van der Waals surface area contributed by atoms with Crippen molar-refractivity contribution in [2.45, 2.75) is 44.2 Å². The van der Waals surface area contributed by atoms with E-state index < -0.39 is 10.8 Å². The van der Waals surface area contributed by atoms with E-state index >= 15 is 0 Å². The van der Waals surface area contributed by atoms with Crippen LogP contribution in [0.5, 0.6) is 0 Å². The Labute approximate surface area is 88.7 Å². The molecule has 0 spiro atoms. The Morgan fingerprint density at radius 3 is 2.79 bits per heavy atom. The van der Waals surface area contributed by atoms with E-state index in [9.17, 15) is 9.32 Å². The van der Waals surface area contributed by atoms with Crippen LogP contribution in [-0.2, 0) is 10.8 Å². The number of aliphatic hydroxyl groups is 1. The quantitative estimate of drug-likeness (QED) is 0.667. The van der Waals surface area contributed by atoms with Crippen LogP contribution in [-0.4, -0.2) is 40.0 Å². The molecule has 0 heterocycles. The number of nitrogens with one attached hydrogen (secondary N) is 1. The van der Waals surface area contributed by atoms with Crippen molar-refractivity contribution in [3.8, 4) is 0 Å². The lowest BCUT2D eigenvalue weighted by molar-refractivity contribution is 0.0913. The minimum absolute atomic E-state index is 0.170. The molecule has 1 unspecified atom stereocenters. The molecule has 0 aliphatic heterocycles. The van der Waals surface area contributed by atoms with Gasteiger partial charge in [-0.25, -0.2) is 0 Å². The molecule has 4 heteroatoms. The zero-order valence-electron chi connectivity index (χ0n) is 8.87. The van der Waals surface area contributed by atoms with Crippen molar-refractivity contribution in [3.05, 3.63) is 0 Å². The Morgan fingerprint density at radius 1 is 1.43 bits per heavy atom. The van der Waals surface area contributed by atoms with Gasteiger partial charge in [-0.2, -0.15) is 0 Å². The Bertz CT molecular complexity index is 187. The van der Waals surface area contributed by atoms with Gasteiger partial charge in [0.2, 0.25) is 0 Å². The van der Waals surface area contributed by atoms with Crippen LogP contribution in [0.25, 0.3) is 0 Å². The molecule has 84 valence electrons. The van der Waals surface area contributed by atoms with Crippen molar-refractivity contribution in [2.24, 2.45) is 0 Å². The average Bonchev–Trinajstić information content (AvgIpc) is 2.15. The lowest BCUT2D eigenvalue weighted by atomic mass is 9.92. The highest BCUT2D eigenvalue weighted by Gasteiger charge is 2.21. The summed E-state index contributed by atoms with van der Waals surface area (Å²) in [6.45, 7) is 0.876. The second-order valence-corrected chi connectivity index (χ2v) is 5.60. The number of hydrogen-bond acceptors (Lipinski definition) is 3. The number of rotatable bonds is 5. The summed E-state index contributed by atoms with van der Waals surface area (Å²) in [7, 11) is -0.683. The Balaban J connectivity index is 2.07. The topological polar surface area (TPSA) is 49.3 Å². The summed E-state index contributed by atoms with van der Waals surface area (Å²) in [5.74, 6) is 0.760. The minimum atomic E-state index is -0.683. The van der Waals surface area contributed by atoms with E-state index in [2.05, 4.69) is 5.32 Å². The molecule has 0 bridgehead atoms. The average molecular weight is 219 g/mol. The molecule has 1 fully saturated rings. The van der Waals surface area contributed by atoms with E-state index in [1.54, 1.807) is 6.26 Å². The molecule has 0 aromatic carbocycles. The first-order valence-electron chi connectivity index (χ1n) is 5.41. The highest BCUT2D eigenvalue weighted by molar-refractivity contribution is 7.84. The van der Waals surface area contributed by atoms with Crippen LogP contribution in [0.1, 0.15) is 32.1 Å². The van der Waals surface area contributed by atoms with Crippen molar-refractivity contribution < 1.29 is 9.32 Å². The molecule has 14 heavy (non-hydrogen) atoms. The van der Waals surface area contributed by atoms with Crippen LogP contribution in [0, 0.1) is 0 Å². The third-order valence-electron chi connectivity index (χ3n) is 2.74. The molecule has 1 aliphatic rings. The normalized spacial score (nSPS) is 30.1. The second kappa shape index (κ2) is 6.53. The Kier molecular flexibility index (Phi) is 5.67. The van der Waals surface area contributed by atoms with Crippen molar-refractivity contribution in [1.82, 2.24) is 5.32 Å². The van der Waals surface area contributed by atoms with Crippen LogP contribution in [0.15, 0.2) is 0 Å². The van der Waals surface area contributed by atoms with Gasteiger partial charge in [0.15, 0.2) is 0 Å². The first-order valence-corrected chi connectivity index (χ1v) is 7.14. The molecule has 1 aliphatic carbocycles. The molecule has 0 saturated heterocycles. The van der Waals surface area contributed by atoms with Crippen molar-refractivity contribution in [2.75, 3.05) is 18.6 Å². The molecular formula is C10H21NO2S. The van der Waals surface area contributed by atoms with Crippen molar-refractivity contribution >= 4 is 10.8 Å². The van der Waals surface area contributed by atoms with Gasteiger partial charge >= 0.3 is 0 Å². The lowest BCUT2D eigenvalue weighted by Crippen LogP contribution is -2.42. The monoisotopic (exact) mass is 219 g/mol. The minimum Gasteiger partial charge on any atom is -0.392 e. The smallest absolute Gasteiger partial charge is 0.0693 e. The second-order valence-electron chi connectivity index (χ2n) is 4.04. The summed E-state index contributed by atoms with van der Waals surface area (Å²) in [6, 6.07) is 0.272. The van der Waals surface area contributed by atoms with E-state index in [0.717, 1.165) is 38.0 Å². The van der Waals surface area contributed by atoms with Crippen LogP contribution in [0.2, 0.25) is 0 Å². The van der Waals surface area contributed by atoms with Gasteiger partial charge in [0.25, 0.3) is 0 Å². The van der Waals surface area contributed by atoms with Gasteiger partial charge in [-0.3, -0.25) is 4.21 Å². The maximum Gasteiger partial charge on any atom is 0.0693 e. The largest absolute Gasteiger partial charge is 0.392 e. The van der Waals surface area contributed by atoms with Gasteiger partial charge in [-0.1, -0.05) is 12.8 Å². The fourth-order valence-electron chi connectivity index (χ4n) is 1.91. The van der Waals surface area contributed by atoms with Crippen LogP contribution in [0.4, 0.5) is 0 Å². The van der Waals surface area contributed by atoms with Gasteiger partial charge in [0, 0.05) is 28.9 Å². The highest BCUT2D eigenvalue weighted by atomic mass is 32.2. The summed E-state index contributed by atoms with van der Waals surface area (Å²) < 4.78 is 10.8. The Morgan fingerprint density at radius 2 is 2.14 bits per heavy atom. The molecular weight excluding hydrogens is 198 g/mol. The molecule has 0 aromatic rings. The van der Waals surface area contributed by atoms with Gasteiger partial charge in [-0.15, -0.1) is 0 Å². The molecule has 2 N–H and O–H groups in total. The number of hydrogen-bond donors (Lipinski definition) is 2. The summed E-state index contributed by atoms with van der Waals surface area (Å²) in [5, 5.41) is 13.0. The van der Waals surface area contributed by atoms with E-state index in [-0.39, 0.29) is 12.1 Å². The molecule has 1 rings (SSSR count). The van der Waals surface area contributed by atoms with Crippen molar-refractivity contribution in [3.63, 3.8) is 0 Å². The molecule has 1 saturated carbocycles. The standard InChI is InChI=1S/C10H21NO2S/c1-14(13)8-4-7-11-9-5-2-3-6-10(9)12/h9-12H,2-8H2,1H3/t9-,10-,14?/m1/s1. The zero-order chi connectivity index (χ0) is 10.4. The lowest BCUT2D eigenvalue weighted by Gasteiger charge is -2.28. The first-order chi connectivity index (χ1) is 6.70. The maximum absolute atomic E-state index is 10.8. The van der Waals surface area contributed by atoms with Gasteiger partial charge in [-0.05, 0) is 25.8 Å². The van der Waals surface area contributed by atoms with E-state index in [0.29, 0.717) is 0 Å². The molecule has 3 nitrogen and oxygen atoms in total.